The van der Waals surface area contributed by atoms with Crippen molar-refractivity contribution in [2.75, 3.05) is 19.5 Å². The molecular formula is C13H16N2OS. The van der Waals surface area contributed by atoms with Gasteiger partial charge in [0, 0.05) is 18.3 Å². The number of rotatable bonds is 4. The SMILES string of the molecule is CNc1nc(Cc2ccc(OC)cc2)c(C)s1. The molecule has 0 aliphatic carbocycles. The van der Waals surface area contributed by atoms with Crippen molar-refractivity contribution in [2.24, 2.45) is 0 Å². The van der Waals surface area contributed by atoms with Crippen molar-refractivity contribution in [1.29, 1.82) is 0 Å². The number of benzene rings is 1. The van der Waals surface area contributed by atoms with E-state index in [4.69, 9.17) is 4.74 Å². The van der Waals surface area contributed by atoms with E-state index in [1.165, 1.54) is 10.4 Å². The Hall–Kier alpha value is -1.55. The second-order valence-corrected chi connectivity index (χ2v) is 5.00. The Morgan fingerprint density at radius 1 is 1.29 bits per heavy atom. The minimum absolute atomic E-state index is 0.869. The van der Waals surface area contributed by atoms with Gasteiger partial charge in [-0.15, -0.1) is 11.3 Å². The molecule has 0 saturated carbocycles. The molecule has 0 aliphatic heterocycles. The molecule has 1 aromatic heterocycles. The first-order valence-corrected chi connectivity index (χ1v) is 6.31. The zero-order valence-corrected chi connectivity index (χ0v) is 11.1. The van der Waals surface area contributed by atoms with Crippen molar-refractivity contribution in [3.05, 3.63) is 40.4 Å². The second kappa shape index (κ2) is 5.19. The van der Waals surface area contributed by atoms with Crippen LogP contribution in [-0.4, -0.2) is 19.1 Å². The number of aryl methyl sites for hydroxylation is 1. The number of hydrogen-bond acceptors (Lipinski definition) is 4. The highest BCUT2D eigenvalue weighted by Gasteiger charge is 2.07. The van der Waals surface area contributed by atoms with E-state index in [2.05, 4.69) is 29.4 Å². The Morgan fingerprint density at radius 2 is 2.00 bits per heavy atom. The van der Waals surface area contributed by atoms with Crippen molar-refractivity contribution in [3.63, 3.8) is 0 Å². The van der Waals surface area contributed by atoms with Gasteiger partial charge in [-0.2, -0.15) is 0 Å². The lowest BCUT2D eigenvalue weighted by molar-refractivity contribution is 0.414. The lowest BCUT2D eigenvalue weighted by Crippen LogP contribution is -1.92. The van der Waals surface area contributed by atoms with Crippen molar-refractivity contribution >= 4 is 16.5 Å². The molecule has 1 N–H and O–H groups in total. The third kappa shape index (κ3) is 2.77. The number of anilines is 1. The standard InChI is InChI=1S/C13H16N2OS/c1-9-12(15-13(14-2)17-9)8-10-4-6-11(16-3)7-5-10/h4-7H,8H2,1-3H3,(H,14,15). The Morgan fingerprint density at radius 3 is 2.53 bits per heavy atom. The summed E-state index contributed by atoms with van der Waals surface area (Å²) >= 11 is 1.69. The van der Waals surface area contributed by atoms with Gasteiger partial charge >= 0.3 is 0 Å². The first-order valence-electron chi connectivity index (χ1n) is 5.50. The fraction of sp³-hybridized carbons (Fsp3) is 0.308. The lowest BCUT2D eigenvalue weighted by atomic mass is 10.1. The van der Waals surface area contributed by atoms with E-state index in [-0.39, 0.29) is 0 Å². The third-order valence-electron chi connectivity index (χ3n) is 2.64. The molecule has 3 nitrogen and oxygen atoms in total. The molecule has 1 aromatic carbocycles. The van der Waals surface area contributed by atoms with Gasteiger partial charge in [-0.1, -0.05) is 12.1 Å². The number of hydrogen-bond donors (Lipinski definition) is 1. The minimum Gasteiger partial charge on any atom is -0.497 e. The minimum atomic E-state index is 0.869. The number of thiazole rings is 1. The topological polar surface area (TPSA) is 34.2 Å². The van der Waals surface area contributed by atoms with Crippen LogP contribution < -0.4 is 10.1 Å². The molecule has 0 radical (unpaired) electrons. The summed E-state index contributed by atoms with van der Waals surface area (Å²) in [6.07, 6.45) is 0.869. The number of aromatic nitrogens is 1. The maximum atomic E-state index is 5.14. The van der Waals surface area contributed by atoms with E-state index in [0.29, 0.717) is 0 Å². The third-order valence-corrected chi connectivity index (χ3v) is 3.67. The molecule has 0 unspecified atom stereocenters. The zero-order chi connectivity index (χ0) is 12.3. The van der Waals surface area contributed by atoms with Crippen molar-refractivity contribution in [1.82, 2.24) is 4.98 Å². The average Bonchev–Trinajstić information content (AvgIpc) is 2.71. The molecule has 17 heavy (non-hydrogen) atoms. The Balaban J connectivity index is 2.16. The first kappa shape index (κ1) is 11.9. The van der Waals surface area contributed by atoms with E-state index in [1.807, 2.05) is 19.2 Å². The molecule has 2 rings (SSSR count). The quantitative estimate of drug-likeness (QED) is 0.902. The van der Waals surface area contributed by atoms with Crippen LogP contribution in [-0.2, 0) is 6.42 Å². The van der Waals surface area contributed by atoms with Gasteiger partial charge in [0.2, 0.25) is 0 Å². The van der Waals surface area contributed by atoms with Crippen LogP contribution in [0.4, 0.5) is 5.13 Å². The van der Waals surface area contributed by atoms with E-state index >= 15 is 0 Å². The first-order chi connectivity index (χ1) is 8.22. The summed E-state index contributed by atoms with van der Waals surface area (Å²) in [4.78, 5) is 5.81. The summed E-state index contributed by atoms with van der Waals surface area (Å²) < 4.78 is 5.14. The molecule has 0 fully saturated rings. The second-order valence-electron chi connectivity index (χ2n) is 3.80. The maximum absolute atomic E-state index is 5.14. The zero-order valence-electron chi connectivity index (χ0n) is 10.3. The Kier molecular flexibility index (Phi) is 3.64. The monoisotopic (exact) mass is 248 g/mol. The molecule has 0 amide bonds. The van der Waals surface area contributed by atoms with Crippen LogP contribution >= 0.6 is 11.3 Å². The number of ether oxygens (including phenoxy) is 1. The summed E-state index contributed by atoms with van der Waals surface area (Å²) in [5.74, 6) is 0.889. The largest absolute Gasteiger partial charge is 0.497 e. The van der Waals surface area contributed by atoms with Gasteiger partial charge in [0.15, 0.2) is 5.13 Å². The summed E-state index contributed by atoms with van der Waals surface area (Å²) in [5, 5.41) is 4.06. The molecule has 1 heterocycles. The highest BCUT2D eigenvalue weighted by atomic mass is 32.1. The van der Waals surface area contributed by atoms with E-state index in [1.54, 1.807) is 18.4 Å². The molecule has 0 bridgehead atoms. The van der Waals surface area contributed by atoms with Crippen molar-refractivity contribution in [3.8, 4) is 5.75 Å². The summed E-state index contributed by atoms with van der Waals surface area (Å²) in [6.45, 7) is 2.11. The normalized spacial score (nSPS) is 10.3. The fourth-order valence-electron chi connectivity index (χ4n) is 1.64. The predicted molar refractivity (Wildman–Crippen MR) is 72.2 cm³/mol. The number of nitrogens with one attached hydrogen (secondary N) is 1. The van der Waals surface area contributed by atoms with Crippen molar-refractivity contribution in [2.45, 2.75) is 13.3 Å². The highest BCUT2D eigenvalue weighted by molar-refractivity contribution is 7.15. The summed E-state index contributed by atoms with van der Waals surface area (Å²) in [5.41, 5.74) is 2.39. The van der Waals surface area contributed by atoms with Crippen molar-refractivity contribution < 1.29 is 4.74 Å². The van der Waals surface area contributed by atoms with Crippen LogP contribution in [0.5, 0.6) is 5.75 Å². The van der Waals surface area contributed by atoms with Crippen LogP contribution in [0.2, 0.25) is 0 Å². The van der Waals surface area contributed by atoms with Gasteiger partial charge in [-0.25, -0.2) is 4.98 Å². The Bertz CT molecular complexity index is 491. The van der Waals surface area contributed by atoms with Crippen LogP contribution in [0.25, 0.3) is 0 Å². The molecule has 0 saturated heterocycles. The number of nitrogens with zero attached hydrogens (tertiary/aromatic N) is 1. The van der Waals surface area contributed by atoms with E-state index < -0.39 is 0 Å². The highest BCUT2D eigenvalue weighted by Crippen LogP contribution is 2.24. The van der Waals surface area contributed by atoms with Crippen LogP contribution in [0.15, 0.2) is 24.3 Å². The van der Waals surface area contributed by atoms with Crippen LogP contribution in [0, 0.1) is 6.92 Å². The van der Waals surface area contributed by atoms with E-state index in [0.717, 1.165) is 23.0 Å². The lowest BCUT2D eigenvalue weighted by Gasteiger charge is -2.02. The fourth-order valence-corrected chi connectivity index (χ4v) is 2.42. The van der Waals surface area contributed by atoms with Gasteiger partial charge in [-0.05, 0) is 24.6 Å². The summed E-state index contributed by atoms with van der Waals surface area (Å²) in [6, 6.07) is 8.12. The molecular weight excluding hydrogens is 232 g/mol. The van der Waals surface area contributed by atoms with Crippen LogP contribution in [0.1, 0.15) is 16.1 Å². The van der Waals surface area contributed by atoms with Gasteiger partial charge in [0.25, 0.3) is 0 Å². The molecule has 0 spiro atoms. The van der Waals surface area contributed by atoms with E-state index in [9.17, 15) is 0 Å². The maximum Gasteiger partial charge on any atom is 0.182 e. The summed E-state index contributed by atoms with van der Waals surface area (Å²) in [7, 11) is 3.58. The average molecular weight is 248 g/mol. The molecule has 2 aromatic rings. The number of methoxy groups -OCH3 is 1. The smallest absolute Gasteiger partial charge is 0.182 e. The predicted octanol–water partition coefficient (Wildman–Crippen LogP) is 3.09. The molecule has 0 atom stereocenters. The molecule has 90 valence electrons. The van der Waals surface area contributed by atoms with Crippen LogP contribution in [0.3, 0.4) is 0 Å². The van der Waals surface area contributed by atoms with Gasteiger partial charge < -0.3 is 10.1 Å². The Labute approximate surface area is 105 Å². The molecule has 4 heteroatoms. The molecule has 0 aliphatic rings. The van der Waals surface area contributed by atoms with Gasteiger partial charge in [0.05, 0.1) is 12.8 Å². The van der Waals surface area contributed by atoms with Gasteiger partial charge in [0.1, 0.15) is 5.75 Å². The van der Waals surface area contributed by atoms with Gasteiger partial charge in [-0.3, -0.25) is 0 Å².